The molecule has 0 unspecified atom stereocenters. The molecule has 1 aromatic carbocycles. The number of hydrogen-bond acceptors (Lipinski definition) is 7. The summed E-state index contributed by atoms with van der Waals surface area (Å²) >= 11 is 0. The van der Waals surface area contributed by atoms with Gasteiger partial charge in [0.05, 0.1) is 18.9 Å². The number of ether oxygens (including phenoxy) is 1. The van der Waals surface area contributed by atoms with E-state index in [-0.39, 0.29) is 5.91 Å². The number of carbonyl (C=O) groups is 3. The van der Waals surface area contributed by atoms with Crippen molar-refractivity contribution >= 4 is 23.4 Å². The van der Waals surface area contributed by atoms with Crippen molar-refractivity contribution in [3.63, 3.8) is 0 Å². The van der Waals surface area contributed by atoms with Crippen LogP contribution in [-0.2, 0) is 14.4 Å². The fourth-order valence-corrected chi connectivity index (χ4v) is 5.39. The van der Waals surface area contributed by atoms with E-state index < -0.39 is 17.4 Å². The van der Waals surface area contributed by atoms with Crippen LogP contribution in [0, 0.1) is 5.92 Å². The lowest BCUT2D eigenvalue weighted by molar-refractivity contribution is -0.137. The summed E-state index contributed by atoms with van der Waals surface area (Å²) in [6.07, 6.45) is 9.71. The topological polar surface area (TPSA) is 117 Å². The third-order valence-electron chi connectivity index (χ3n) is 7.35. The highest BCUT2D eigenvalue weighted by atomic mass is 16.5. The standard InChI is InChI=1S/C28H39N5O5/c1-28(2,18-32-11-13-33(14-12-32)25(34)15-20-7-5-4-6-8-20)31-27(36)26(35)30-21-9-10-22(23(16-21)37-3)24-17-29-19-38-24/h9-10,16-17,19-20H,4-8,11-15,18H2,1-3H3,(H,30,35)(H,31,36). The quantitative estimate of drug-likeness (QED) is 0.508. The number of anilines is 1. The van der Waals surface area contributed by atoms with Crippen LogP contribution in [0.4, 0.5) is 5.69 Å². The molecule has 2 fully saturated rings. The minimum atomic E-state index is -0.759. The van der Waals surface area contributed by atoms with Crippen LogP contribution in [0.1, 0.15) is 52.4 Å². The number of nitrogens with one attached hydrogen (secondary N) is 2. The van der Waals surface area contributed by atoms with Crippen molar-refractivity contribution in [1.29, 1.82) is 0 Å². The molecule has 2 aliphatic rings. The second kappa shape index (κ2) is 12.4. The zero-order valence-corrected chi connectivity index (χ0v) is 22.6. The third-order valence-corrected chi connectivity index (χ3v) is 7.35. The van der Waals surface area contributed by atoms with Crippen molar-refractivity contribution < 1.29 is 23.5 Å². The summed E-state index contributed by atoms with van der Waals surface area (Å²) in [4.78, 5) is 46.2. The van der Waals surface area contributed by atoms with Gasteiger partial charge in [-0.25, -0.2) is 4.98 Å². The van der Waals surface area contributed by atoms with Crippen molar-refractivity contribution in [2.24, 2.45) is 5.92 Å². The van der Waals surface area contributed by atoms with Crippen LogP contribution >= 0.6 is 0 Å². The zero-order valence-electron chi connectivity index (χ0n) is 22.6. The van der Waals surface area contributed by atoms with Crippen molar-refractivity contribution in [2.45, 2.75) is 57.9 Å². The fourth-order valence-electron chi connectivity index (χ4n) is 5.39. The minimum Gasteiger partial charge on any atom is -0.496 e. The Labute approximate surface area is 224 Å². The number of aromatic nitrogens is 1. The number of methoxy groups -OCH3 is 1. The fraction of sp³-hybridized carbons (Fsp3) is 0.571. The van der Waals surface area contributed by atoms with Gasteiger partial charge in [0.2, 0.25) is 5.91 Å². The molecule has 2 aromatic rings. The van der Waals surface area contributed by atoms with Crippen LogP contribution in [0.15, 0.2) is 35.2 Å². The van der Waals surface area contributed by atoms with Crippen molar-refractivity contribution in [1.82, 2.24) is 20.1 Å². The summed E-state index contributed by atoms with van der Waals surface area (Å²) < 4.78 is 10.7. The van der Waals surface area contributed by atoms with Gasteiger partial charge >= 0.3 is 11.8 Å². The van der Waals surface area contributed by atoms with Crippen LogP contribution in [0.3, 0.4) is 0 Å². The molecule has 0 radical (unpaired) electrons. The highest BCUT2D eigenvalue weighted by Gasteiger charge is 2.30. The Morgan fingerprint density at radius 2 is 1.82 bits per heavy atom. The number of benzene rings is 1. The van der Waals surface area contributed by atoms with Gasteiger partial charge in [0.1, 0.15) is 5.75 Å². The molecule has 10 heteroatoms. The summed E-state index contributed by atoms with van der Waals surface area (Å²) in [5.41, 5.74) is 0.484. The molecule has 2 N–H and O–H groups in total. The highest BCUT2D eigenvalue weighted by Crippen LogP contribution is 2.32. The number of hydrogen-bond donors (Lipinski definition) is 2. The number of rotatable bonds is 8. The lowest BCUT2D eigenvalue weighted by Gasteiger charge is -2.39. The molecule has 1 saturated heterocycles. The number of piperazine rings is 1. The Morgan fingerprint density at radius 1 is 1.08 bits per heavy atom. The van der Waals surface area contributed by atoms with E-state index in [2.05, 4.69) is 20.5 Å². The van der Waals surface area contributed by atoms with Crippen LogP contribution in [0.2, 0.25) is 0 Å². The van der Waals surface area contributed by atoms with E-state index in [0.29, 0.717) is 54.7 Å². The normalized spacial score (nSPS) is 17.2. The third kappa shape index (κ3) is 7.34. The van der Waals surface area contributed by atoms with Gasteiger partial charge in [-0.2, -0.15) is 0 Å². The number of nitrogens with zero attached hydrogens (tertiary/aromatic N) is 3. The van der Waals surface area contributed by atoms with Gasteiger partial charge in [-0.3, -0.25) is 19.3 Å². The average Bonchev–Trinajstić information content (AvgIpc) is 3.44. The molecule has 3 amide bonds. The second-order valence-corrected chi connectivity index (χ2v) is 10.9. The molecular weight excluding hydrogens is 486 g/mol. The molecule has 4 rings (SSSR count). The van der Waals surface area contributed by atoms with E-state index in [1.807, 2.05) is 18.7 Å². The molecule has 1 saturated carbocycles. The Bertz CT molecular complexity index is 1100. The summed E-state index contributed by atoms with van der Waals surface area (Å²) in [7, 11) is 1.52. The maximum atomic E-state index is 12.7. The zero-order chi connectivity index (χ0) is 27.1. The van der Waals surface area contributed by atoms with Crippen LogP contribution < -0.4 is 15.4 Å². The second-order valence-electron chi connectivity index (χ2n) is 10.9. The molecule has 0 bridgehead atoms. The SMILES string of the molecule is COc1cc(NC(=O)C(=O)NC(C)(C)CN2CCN(C(=O)CC3CCCCC3)CC2)ccc1-c1cnco1. The van der Waals surface area contributed by atoms with Crippen molar-refractivity contribution in [3.8, 4) is 17.1 Å². The summed E-state index contributed by atoms with van der Waals surface area (Å²) in [5.74, 6) is 0.360. The molecule has 2 heterocycles. The van der Waals surface area contributed by atoms with Crippen molar-refractivity contribution in [3.05, 3.63) is 30.8 Å². The van der Waals surface area contributed by atoms with E-state index in [9.17, 15) is 14.4 Å². The van der Waals surface area contributed by atoms with Gasteiger partial charge in [-0.1, -0.05) is 19.3 Å². The smallest absolute Gasteiger partial charge is 0.313 e. The largest absolute Gasteiger partial charge is 0.496 e. The molecule has 38 heavy (non-hydrogen) atoms. The maximum absolute atomic E-state index is 12.7. The van der Waals surface area contributed by atoms with E-state index in [1.165, 1.54) is 45.6 Å². The molecule has 10 nitrogen and oxygen atoms in total. The molecule has 1 aromatic heterocycles. The molecule has 1 aliphatic heterocycles. The molecule has 1 aliphatic carbocycles. The summed E-state index contributed by atoms with van der Waals surface area (Å²) in [6.45, 7) is 7.26. The van der Waals surface area contributed by atoms with E-state index in [4.69, 9.17) is 9.15 Å². The van der Waals surface area contributed by atoms with Gasteiger partial charge in [0.15, 0.2) is 12.2 Å². The van der Waals surface area contributed by atoms with Gasteiger partial charge in [0.25, 0.3) is 0 Å². The van der Waals surface area contributed by atoms with Gasteiger partial charge in [-0.05, 0) is 44.7 Å². The van der Waals surface area contributed by atoms with E-state index in [1.54, 1.807) is 24.4 Å². The average molecular weight is 526 g/mol. The first-order valence-electron chi connectivity index (χ1n) is 13.4. The highest BCUT2D eigenvalue weighted by molar-refractivity contribution is 6.39. The van der Waals surface area contributed by atoms with Gasteiger partial charge in [-0.15, -0.1) is 0 Å². The minimum absolute atomic E-state index is 0.270. The first-order chi connectivity index (χ1) is 18.2. The van der Waals surface area contributed by atoms with Crippen LogP contribution in [0.5, 0.6) is 5.75 Å². The van der Waals surface area contributed by atoms with Crippen molar-refractivity contribution in [2.75, 3.05) is 45.2 Å². The summed E-state index contributed by atoms with van der Waals surface area (Å²) in [5, 5.41) is 5.48. The predicted molar refractivity (Wildman–Crippen MR) is 144 cm³/mol. The predicted octanol–water partition coefficient (Wildman–Crippen LogP) is 3.30. The van der Waals surface area contributed by atoms with Crippen LogP contribution in [0.25, 0.3) is 11.3 Å². The van der Waals surface area contributed by atoms with Gasteiger partial charge in [0, 0.05) is 56.4 Å². The monoisotopic (exact) mass is 525 g/mol. The summed E-state index contributed by atoms with van der Waals surface area (Å²) in [6, 6.07) is 5.03. The molecule has 206 valence electrons. The molecule has 0 spiro atoms. The molecule has 0 atom stereocenters. The lowest BCUT2D eigenvalue weighted by atomic mass is 9.86. The Balaban J connectivity index is 1.24. The Kier molecular flexibility index (Phi) is 9.04. The van der Waals surface area contributed by atoms with Crippen LogP contribution in [-0.4, -0.2) is 77.9 Å². The van der Waals surface area contributed by atoms with E-state index >= 15 is 0 Å². The first kappa shape index (κ1) is 27.6. The van der Waals surface area contributed by atoms with Gasteiger partial charge < -0.3 is 24.7 Å². The Morgan fingerprint density at radius 3 is 2.47 bits per heavy atom. The number of oxazole rings is 1. The lowest BCUT2D eigenvalue weighted by Crippen LogP contribution is -2.57. The van der Waals surface area contributed by atoms with E-state index in [0.717, 1.165) is 13.1 Å². The Hall–Kier alpha value is -3.40. The number of carbonyl (C=O) groups excluding carboxylic acids is 3. The maximum Gasteiger partial charge on any atom is 0.313 e. The molecular formula is C28H39N5O5. The first-order valence-corrected chi connectivity index (χ1v) is 13.4. The number of amides is 3.